The average Bonchev–Trinajstić information content (AvgIpc) is 2.74. The molecule has 2 aliphatic heterocycles. The molecule has 13 heavy (non-hydrogen) atoms. The lowest BCUT2D eigenvalue weighted by Gasteiger charge is -2.25. The minimum absolute atomic E-state index is 0.505. The predicted octanol–water partition coefficient (Wildman–Crippen LogP) is 0.459. The Morgan fingerprint density at radius 1 is 1.46 bits per heavy atom. The Labute approximate surface area is 80.4 Å². The lowest BCUT2D eigenvalue weighted by Crippen LogP contribution is -2.38. The number of likely N-dealkylation sites (N-methyl/N-ethyl adjacent to an activating group) is 1. The number of rotatable bonds is 3. The highest BCUT2D eigenvalue weighted by atomic mass is 16.5. The van der Waals surface area contributed by atoms with E-state index in [9.17, 15) is 0 Å². The van der Waals surface area contributed by atoms with Crippen molar-refractivity contribution in [3.8, 4) is 0 Å². The Bertz CT molecular complexity index is 151. The summed E-state index contributed by atoms with van der Waals surface area (Å²) in [5.74, 6) is 0. The van der Waals surface area contributed by atoms with E-state index in [-0.39, 0.29) is 0 Å². The number of hydrogen-bond acceptors (Lipinski definition) is 3. The minimum Gasteiger partial charge on any atom is -0.377 e. The van der Waals surface area contributed by atoms with Crippen molar-refractivity contribution in [3.05, 3.63) is 0 Å². The van der Waals surface area contributed by atoms with Crippen molar-refractivity contribution >= 4 is 0 Å². The molecule has 2 aliphatic rings. The fraction of sp³-hybridized carbons (Fsp3) is 1.00. The van der Waals surface area contributed by atoms with Crippen molar-refractivity contribution in [1.82, 2.24) is 10.2 Å². The Morgan fingerprint density at radius 3 is 3.00 bits per heavy atom. The molecule has 3 nitrogen and oxygen atoms in total. The van der Waals surface area contributed by atoms with Crippen molar-refractivity contribution in [2.75, 3.05) is 33.3 Å². The molecule has 0 aromatic heterocycles. The van der Waals surface area contributed by atoms with Crippen LogP contribution in [0, 0.1) is 0 Å². The molecule has 76 valence electrons. The summed E-state index contributed by atoms with van der Waals surface area (Å²) in [4.78, 5) is 2.45. The summed E-state index contributed by atoms with van der Waals surface area (Å²) in [6.07, 6.45) is 4.31. The molecule has 1 N–H and O–H groups in total. The van der Waals surface area contributed by atoms with Crippen molar-refractivity contribution in [2.45, 2.75) is 31.4 Å². The number of ether oxygens (including phenoxy) is 1. The van der Waals surface area contributed by atoms with Gasteiger partial charge in [-0.3, -0.25) is 4.90 Å². The average molecular weight is 184 g/mol. The van der Waals surface area contributed by atoms with E-state index >= 15 is 0 Å². The molecule has 0 bridgehead atoms. The molecule has 0 saturated carbocycles. The van der Waals surface area contributed by atoms with Crippen molar-refractivity contribution in [1.29, 1.82) is 0 Å². The Balaban J connectivity index is 1.73. The molecule has 2 fully saturated rings. The van der Waals surface area contributed by atoms with Crippen LogP contribution in [-0.4, -0.2) is 50.3 Å². The Hall–Kier alpha value is -0.120. The van der Waals surface area contributed by atoms with Crippen molar-refractivity contribution in [3.63, 3.8) is 0 Å². The van der Waals surface area contributed by atoms with Crippen LogP contribution in [0.2, 0.25) is 0 Å². The third kappa shape index (κ3) is 2.42. The van der Waals surface area contributed by atoms with Crippen LogP contribution < -0.4 is 5.32 Å². The number of nitrogens with one attached hydrogen (secondary N) is 1. The van der Waals surface area contributed by atoms with Gasteiger partial charge >= 0.3 is 0 Å². The monoisotopic (exact) mass is 184 g/mol. The zero-order valence-corrected chi connectivity index (χ0v) is 8.46. The third-order valence-electron chi connectivity index (χ3n) is 3.17. The van der Waals surface area contributed by atoms with Crippen LogP contribution in [-0.2, 0) is 4.74 Å². The summed E-state index contributed by atoms with van der Waals surface area (Å²) in [5, 5.41) is 3.40. The highest BCUT2D eigenvalue weighted by Crippen LogP contribution is 2.15. The van der Waals surface area contributed by atoms with E-state index in [0.29, 0.717) is 6.10 Å². The van der Waals surface area contributed by atoms with Crippen LogP contribution in [0.1, 0.15) is 19.3 Å². The molecule has 2 atom stereocenters. The largest absolute Gasteiger partial charge is 0.377 e. The van der Waals surface area contributed by atoms with E-state index in [1.54, 1.807) is 0 Å². The Kier molecular flexibility index (Phi) is 3.19. The zero-order valence-electron chi connectivity index (χ0n) is 8.46. The summed E-state index contributed by atoms with van der Waals surface area (Å²) in [5.41, 5.74) is 0. The van der Waals surface area contributed by atoms with Crippen LogP contribution in [0.3, 0.4) is 0 Å². The third-order valence-corrected chi connectivity index (χ3v) is 3.17. The summed E-state index contributed by atoms with van der Waals surface area (Å²) in [6.45, 7) is 4.43. The second kappa shape index (κ2) is 4.40. The summed E-state index contributed by atoms with van der Waals surface area (Å²) in [6, 6.07) is 0.740. The highest BCUT2D eigenvalue weighted by molar-refractivity contribution is 4.81. The van der Waals surface area contributed by atoms with Gasteiger partial charge in [-0.15, -0.1) is 0 Å². The molecule has 0 spiro atoms. The van der Waals surface area contributed by atoms with Gasteiger partial charge in [0.2, 0.25) is 0 Å². The van der Waals surface area contributed by atoms with Gasteiger partial charge in [-0.1, -0.05) is 0 Å². The smallest absolute Gasteiger partial charge is 0.0702 e. The first-order valence-electron chi connectivity index (χ1n) is 5.39. The molecule has 2 saturated heterocycles. The molecular formula is C10H20N2O. The molecule has 2 unspecified atom stereocenters. The lowest BCUT2D eigenvalue weighted by atomic mass is 10.2. The fourth-order valence-electron chi connectivity index (χ4n) is 2.27. The first-order valence-corrected chi connectivity index (χ1v) is 5.39. The van der Waals surface area contributed by atoms with E-state index in [2.05, 4.69) is 17.3 Å². The second-order valence-corrected chi connectivity index (χ2v) is 4.22. The SMILES string of the molecule is CN(CC1CCCO1)C1CCNC1. The van der Waals surface area contributed by atoms with Crippen molar-refractivity contribution in [2.24, 2.45) is 0 Å². The lowest BCUT2D eigenvalue weighted by molar-refractivity contribution is 0.0706. The van der Waals surface area contributed by atoms with E-state index < -0.39 is 0 Å². The fourth-order valence-corrected chi connectivity index (χ4v) is 2.27. The standard InChI is InChI=1S/C10H20N2O/c1-12(9-4-5-11-7-9)8-10-3-2-6-13-10/h9-11H,2-8H2,1H3. The number of hydrogen-bond donors (Lipinski definition) is 1. The molecule has 0 radical (unpaired) electrons. The van der Waals surface area contributed by atoms with Gasteiger partial charge in [0.15, 0.2) is 0 Å². The zero-order chi connectivity index (χ0) is 9.10. The van der Waals surface area contributed by atoms with Gasteiger partial charge in [0, 0.05) is 25.7 Å². The second-order valence-electron chi connectivity index (χ2n) is 4.22. The molecular weight excluding hydrogens is 164 g/mol. The maximum Gasteiger partial charge on any atom is 0.0702 e. The highest BCUT2D eigenvalue weighted by Gasteiger charge is 2.23. The van der Waals surface area contributed by atoms with Crippen LogP contribution in [0.4, 0.5) is 0 Å². The Morgan fingerprint density at radius 2 is 2.38 bits per heavy atom. The quantitative estimate of drug-likeness (QED) is 0.689. The normalized spacial score (nSPS) is 34.6. The predicted molar refractivity (Wildman–Crippen MR) is 52.9 cm³/mol. The van der Waals surface area contributed by atoms with Crippen LogP contribution in [0.25, 0.3) is 0 Å². The summed E-state index contributed by atoms with van der Waals surface area (Å²) >= 11 is 0. The first kappa shape index (κ1) is 9.44. The van der Waals surface area contributed by atoms with E-state index in [1.165, 1.54) is 25.8 Å². The van der Waals surface area contributed by atoms with Crippen LogP contribution in [0.5, 0.6) is 0 Å². The molecule has 0 amide bonds. The van der Waals surface area contributed by atoms with E-state index in [0.717, 1.165) is 25.7 Å². The summed E-state index contributed by atoms with van der Waals surface area (Å²) < 4.78 is 5.62. The molecule has 0 aromatic carbocycles. The van der Waals surface area contributed by atoms with E-state index in [1.807, 2.05) is 0 Å². The van der Waals surface area contributed by atoms with Crippen LogP contribution >= 0.6 is 0 Å². The topological polar surface area (TPSA) is 24.5 Å². The summed E-state index contributed by atoms with van der Waals surface area (Å²) in [7, 11) is 2.22. The van der Waals surface area contributed by atoms with Gasteiger partial charge in [0.1, 0.15) is 0 Å². The molecule has 0 aromatic rings. The van der Waals surface area contributed by atoms with Gasteiger partial charge in [-0.05, 0) is 32.9 Å². The maximum absolute atomic E-state index is 5.62. The number of nitrogens with zero attached hydrogens (tertiary/aromatic N) is 1. The van der Waals surface area contributed by atoms with Gasteiger partial charge in [0.25, 0.3) is 0 Å². The van der Waals surface area contributed by atoms with Crippen molar-refractivity contribution < 1.29 is 4.74 Å². The van der Waals surface area contributed by atoms with Crippen LogP contribution in [0.15, 0.2) is 0 Å². The van der Waals surface area contributed by atoms with Gasteiger partial charge in [-0.2, -0.15) is 0 Å². The molecule has 2 rings (SSSR count). The maximum atomic E-state index is 5.62. The molecule has 3 heteroatoms. The van der Waals surface area contributed by atoms with E-state index in [4.69, 9.17) is 4.74 Å². The first-order chi connectivity index (χ1) is 6.36. The molecule has 0 aliphatic carbocycles. The van der Waals surface area contributed by atoms with Gasteiger partial charge < -0.3 is 10.1 Å². The molecule has 2 heterocycles. The van der Waals surface area contributed by atoms with Gasteiger partial charge in [-0.25, -0.2) is 0 Å². The minimum atomic E-state index is 0.505. The van der Waals surface area contributed by atoms with Gasteiger partial charge in [0.05, 0.1) is 6.10 Å².